The lowest BCUT2D eigenvalue weighted by molar-refractivity contribution is -0.202. The number of likely N-dealkylation sites (tertiary alicyclic amines) is 2. The lowest BCUT2D eigenvalue weighted by Gasteiger charge is -2.57. The molecule has 27 heavy (non-hydrogen) atoms. The number of esters is 1. The second-order valence-electron chi connectivity index (χ2n) is 8.89. The number of piperidine rings is 2. The van der Waals surface area contributed by atoms with Gasteiger partial charge in [-0.25, -0.2) is 0 Å². The van der Waals surface area contributed by atoms with Gasteiger partial charge in [0, 0.05) is 37.4 Å². The van der Waals surface area contributed by atoms with Crippen LogP contribution in [-0.4, -0.2) is 55.0 Å². The number of ether oxygens (including phenoxy) is 1. The molecule has 4 nitrogen and oxygen atoms in total. The van der Waals surface area contributed by atoms with Gasteiger partial charge in [-0.3, -0.25) is 4.79 Å². The molecule has 150 valence electrons. The minimum Gasteiger partial charge on any atom is -0.453 e. The van der Waals surface area contributed by atoms with Crippen LogP contribution in [0.5, 0.6) is 0 Å². The summed E-state index contributed by atoms with van der Waals surface area (Å²) >= 11 is 0. The van der Waals surface area contributed by atoms with Crippen molar-refractivity contribution in [1.29, 1.82) is 0 Å². The highest BCUT2D eigenvalue weighted by Crippen LogP contribution is 2.51. The molecule has 2 aliphatic rings. The van der Waals surface area contributed by atoms with Crippen molar-refractivity contribution < 1.29 is 9.53 Å². The summed E-state index contributed by atoms with van der Waals surface area (Å²) in [5.41, 5.74) is 0.411. The third-order valence-electron chi connectivity index (χ3n) is 6.75. The summed E-state index contributed by atoms with van der Waals surface area (Å²) in [4.78, 5) is 17.6. The van der Waals surface area contributed by atoms with E-state index in [1.54, 1.807) is 0 Å². The predicted molar refractivity (Wildman–Crippen MR) is 110 cm³/mol. The van der Waals surface area contributed by atoms with Crippen LogP contribution >= 0.6 is 0 Å². The number of carbonyl (C=O) groups is 1. The average Bonchev–Trinajstić information content (AvgIpc) is 2.67. The van der Waals surface area contributed by atoms with Crippen LogP contribution in [0.2, 0.25) is 0 Å². The Hall–Kier alpha value is -1.39. The van der Waals surface area contributed by atoms with Gasteiger partial charge in [0.25, 0.3) is 0 Å². The first-order chi connectivity index (χ1) is 12.9. The van der Waals surface area contributed by atoms with Crippen LogP contribution in [0.25, 0.3) is 0 Å². The molecule has 2 fully saturated rings. The molecular formula is C23H36N2O2. The highest BCUT2D eigenvalue weighted by atomic mass is 16.6. The maximum atomic E-state index is 12.6. The first-order valence-electron chi connectivity index (χ1n) is 10.6. The lowest BCUT2D eigenvalue weighted by atomic mass is 9.63. The number of hydrogen-bond donors (Lipinski definition) is 0. The van der Waals surface area contributed by atoms with Crippen molar-refractivity contribution in [2.45, 2.75) is 64.5 Å². The molecule has 0 aromatic heterocycles. The Bertz CT molecular complexity index is 629. The van der Waals surface area contributed by atoms with Gasteiger partial charge in [-0.05, 0) is 45.5 Å². The van der Waals surface area contributed by atoms with Gasteiger partial charge in [-0.2, -0.15) is 0 Å². The molecule has 2 aliphatic heterocycles. The van der Waals surface area contributed by atoms with Crippen molar-refractivity contribution in [2.75, 3.05) is 33.2 Å². The van der Waals surface area contributed by atoms with Crippen LogP contribution in [0, 0.1) is 5.41 Å². The van der Waals surface area contributed by atoms with Gasteiger partial charge in [-0.15, -0.1) is 0 Å². The number of nitrogens with zero attached hydrogens (tertiary/aromatic N) is 2. The minimum atomic E-state index is -0.579. The monoisotopic (exact) mass is 372 g/mol. The fourth-order valence-electron chi connectivity index (χ4n) is 5.10. The van der Waals surface area contributed by atoms with Gasteiger partial charge in [0.2, 0.25) is 0 Å². The Morgan fingerprint density at radius 2 is 1.85 bits per heavy atom. The van der Waals surface area contributed by atoms with Crippen molar-refractivity contribution in [2.24, 2.45) is 5.41 Å². The molecule has 3 atom stereocenters. The molecule has 0 saturated carbocycles. The summed E-state index contributed by atoms with van der Waals surface area (Å²) in [6, 6.07) is 10.8. The van der Waals surface area contributed by atoms with E-state index in [9.17, 15) is 4.79 Å². The van der Waals surface area contributed by atoms with Crippen LogP contribution in [-0.2, 0) is 15.1 Å². The van der Waals surface area contributed by atoms with Crippen LogP contribution in [0.1, 0.15) is 58.4 Å². The van der Waals surface area contributed by atoms with Crippen LogP contribution < -0.4 is 0 Å². The summed E-state index contributed by atoms with van der Waals surface area (Å²) in [5.74, 6) is -0.0968. The van der Waals surface area contributed by atoms with Gasteiger partial charge in [0.05, 0.1) is 0 Å². The standard InChI is InChI=1S/C23H36N2O2/c1-5-21(26)27-23(20-12-8-6-9-13-20)16-19(2)24(4)17-22(23,3)18-25-14-10-7-11-15-25/h6,8-9,12-13,19H,5,7,10-11,14-18H2,1-4H3. The van der Waals surface area contributed by atoms with Gasteiger partial charge in [-0.1, -0.05) is 50.6 Å². The molecule has 0 amide bonds. The van der Waals surface area contributed by atoms with E-state index in [4.69, 9.17) is 4.74 Å². The largest absolute Gasteiger partial charge is 0.453 e. The zero-order valence-corrected chi connectivity index (χ0v) is 17.5. The summed E-state index contributed by atoms with van der Waals surface area (Å²) in [6.07, 6.45) is 5.13. The van der Waals surface area contributed by atoms with Gasteiger partial charge >= 0.3 is 5.97 Å². The molecule has 0 aliphatic carbocycles. The maximum absolute atomic E-state index is 12.6. The van der Waals surface area contributed by atoms with Crippen LogP contribution in [0.4, 0.5) is 0 Å². The predicted octanol–water partition coefficient (Wildman–Crippen LogP) is 4.05. The van der Waals surface area contributed by atoms with E-state index in [2.05, 4.69) is 55.0 Å². The summed E-state index contributed by atoms with van der Waals surface area (Å²) in [7, 11) is 2.20. The summed E-state index contributed by atoms with van der Waals surface area (Å²) in [5, 5.41) is 0. The molecule has 0 radical (unpaired) electrons. The Morgan fingerprint density at radius 3 is 2.48 bits per heavy atom. The fourth-order valence-corrected chi connectivity index (χ4v) is 5.10. The third kappa shape index (κ3) is 4.07. The van der Waals surface area contributed by atoms with Crippen molar-refractivity contribution in [3.8, 4) is 0 Å². The molecule has 0 spiro atoms. The summed E-state index contributed by atoms with van der Waals surface area (Å²) < 4.78 is 6.40. The normalized spacial score (nSPS) is 33.0. The zero-order chi connectivity index (χ0) is 19.5. The van der Waals surface area contributed by atoms with E-state index in [0.717, 1.165) is 38.2 Å². The van der Waals surface area contributed by atoms with Crippen molar-refractivity contribution >= 4 is 5.97 Å². The number of benzene rings is 1. The highest BCUT2D eigenvalue weighted by molar-refractivity contribution is 5.70. The molecule has 0 bridgehead atoms. The first kappa shape index (κ1) is 20.3. The van der Waals surface area contributed by atoms with Gasteiger partial charge in [0.1, 0.15) is 5.60 Å². The van der Waals surface area contributed by atoms with Gasteiger partial charge < -0.3 is 14.5 Å². The molecule has 1 aromatic carbocycles. The van der Waals surface area contributed by atoms with E-state index in [1.807, 2.05) is 13.0 Å². The van der Waals surface area contributed by atoms with E-state index in [-0.39, 0.29) is 11.4 Å². The van der Waals surface area contributed by atoms with E-state index < -0.39 is 5.60 Å². The topological polar surface area (TPSA) is 32.8 Å². The average molecular weight is 373 g/mol. The Balaban J connectivity index is 2.04. The lowest BCUT2D eigenvalue weighted by Crippen LogP contribution is -2.64. The Labute approximate surface area is 164 Å². The molecule has 2 saturated heterocycles. The quantitative estimate of drug-likeness (QED) is 0.730. The van der Waals surface area contributed by atoms with Crippen molar-refractivity contribution in [3.05, 3.63) is 35.9 Å². The van der Waals surface area contributed by atoms with Crippen LogP contribution in [0.3, 0.4) is 0 Å². The number of rotatable bonds is 5. The molecule has 2 heterocycles. The zero-order valence-electron chi connectivity index (χ0n) is 17.5. The van der Waals surface area contributed by atoms with E-state index in [0.29, 0.717) is 12.5 Å². The van der Waals surface area contributed by atoms with Crippen LogP contribution in [0.15, 0.2) is 30.3 Å². The van der Waals surface area contributed by atoms with Gasteiger partial charge in [0.15, 0.2) is 0 Å². The molecule has 0 N–H and O–H groups in total. The van der Waals surface area contributed by atoms with Crippen molar-refractivity contribution in [1.82, 2.24) is 9.80 Å². The third-order valence-corrected chi connectivity index (χ3v) is 6.75. The highest BCUT2D eigenvalue weighted by Gasteiger charge is 2.57. The first-order valence-corrected chi connectivity index (χ1v) is 10.6. The molecule has 1 aromatic rings. The van der Waals surface area contributed by atoms with E-state index >= 15 is 0 Å². The minimum absolute atomic E-state index is 0.0968. The second kappa shape index (κ2) is 8.32. The molecule has 3 unspecified atom stereocenters. The van der Waals surface area contributed by atoms with Crippen molar-refractivity contribution in [3.63, 3.8) is 0 Å². The Morgan fingerprint density at radius 1 is 1.19 bits per heavy atom. The molecule has 3 rings (SSSR count). The SMILES string of the molecule is CCC(=O)OC1(c2ccccc2)CC(C)N(C)CC1(C)CN1CCCCC1. The maximum Gasteiger partial charge on any atom is 0.306 e. The smallest absolute Gasteiger partial charge is 0.306 e. The summed E-state index contributed by atoms with van der Waals surface area (Å²) in [6.45, 7) is 10.7. The second-order valence-corrected chi connectivity index (χ2v) is 8.89. The Kier molecular flexibility index (Phi) is 6.27. The fraction of sp³-hybridized carbons (Fsp3) is 0.696. The molecular weight excluding hydrogens is 336 g/mol. The number of hydrogen-bond acceptors (Lipinski definition) is 4. The number of carbonyl (C=O) groups excluding carboxylic acids is 1. The molecule has 4 heteroatoms. The van der Waals surface area contributed by atoms with E-state index in [1.165, 1.54) is 19.3 Å².